The lowest BCUT2D eigenvalue weighted by molar-refractivity contribution is -0.129. The minimum atomic E-state index is -0.975. The van der Waals surface area contributed by atoms with E-state index in [1.165, 1.54) is 4.90 Å². The van der Waals surface area contributed by atoms with Gasteiger partial charge in [-0.15, -0.1) is 12.4 Å². The van der Waals surface area contributed by atoms with E-state index in [0.29, 0.717) is 31.2 Å². The molecule has 2 N–H and O–H groups in total. The van der Waals surface area contributed by atoms with Crippen LogP contribution in [0.2, 0.25) is 0 Å². The number of nitrogens with zero attached hydrogens (tertiary/aromatic N) is 2. The van der Waals surface area contributed by atoms with E-state index in [0.717, 1.165) is 21.9 Å². The van der Waals surface area contributed by atoms with Crippen molar-refractivity contribution in [2.75, 3.05) is 63.5 Å². The Morgan fingerprint density at radius 1 is 0.953 bits per heavy atom. The summed E-state index contributed by atoms with van der Waals surface area (Å²) in [6.07, 6.45) is 0. The van der Waals surface area contributed by atoms with E-state index in [4.69, 9.17) is 14.2 Å². The molecule has 1 aliphatic heterocycles. The molecule has 232 valence electrons. The maximum atomic E-state index is 14.3. The van der Waals surface area contributed by atoms with Gasteiger partial charge in [0.15, 0.2) is 0 Å². The molecule has 11 heteroatoms. The van der Waals surface area contributed by atoms with Gasteiger partial charge in [0.2, 0.25) is 5.91 Å². The van der Waals surface area contributed by atoms with Crippen LogP contribution in [0.15, 0.2) is 60.7 Å². The fraction of sp³-hybridized carbons (Fsp3) is 0.406. The monoisotopic (exact) mass is 612 g/mol. The number of nitrogens with one attached hydrogen (secondary N) is 2. The minimum absolute atomic E-state index is 0. The highest BCUT2D eigenvalue weighted by atomic mass is 35.5. The summed E-state index contributed by atoms with van der Waals surface area (Å²) in [4.78, 5) is 44.0. The van der Waals surface area contributed by atoms with Gasteiger partial charge in [0, 0.05) is 7.11 Å². The number of anilines is 2. The number of ether oxygens (including phenoxy) is 3. The van der Waals surface area contributed by atoms with Crippen LogP contribution in [-0.4, -0.2) is 83.5 Å². The van der Waals surface area contributed by atoms with Gasteiger partial charge in [0.1, 0.15) is 12.6 Å². The predicted octanol–water partition coefficient (Wildman–Crippen LogP) is 3.22. The van der Waals surface area contributed by atoms with E-state index < -0.39 is 12.1 Å². The molecule has 1 heterocycles. The Balaban J connectivity index is 0.00000506. The zero-order valence-corrected chi connectivity index (χ0v) is 25.9. The predicted molar refractivity (Wildman–Crippen MR) is 170 cm³/mol. The Hall–Kier alpha value is -3.54. The van der Waals surface area contributed by atoms with Crippen LogP contribution in [0.1, 0.15) is 18.1 Å². The zero-order valence-electron chi connectivity index (χ0n) is 25.1. The summed E-state index contributed by atoms with van der Waals surface area (Å²) in [6.45, 7) is 5.25. The number of para-hydroxylation sites is 2. The van der Waals surface area contributed by atoms with Gasteiger partial charge in [-0.05, 0) is 54.9 Å². The van der Waals surface area contributed by atoms with E-state index in [1.54, 1.807) is 26.0 Å². The van der Waals surface area contributed by atoms with Gasteiger partial charge in [-0.1, -0.05) is 48.5 Å². The van der Waals surface area contributed by atoms with E-state index in [9.17, 15) is 14.4 Å². The third-order valence-corrected chi connectivity index (χ3v) is 7.46. The van der Waals surface area contributed by atoms with Crippen molar-refractivity contribution in [3.63, 3.8) is 0 Å². The summed E-state index contributed by atoms with van der Waals surface area (Å²) in [6, 6.07) is 18.0. The number of rotatable bonds is 13. The molecule has 4 rings (SSSR count). The Morgan fingerprint density at radius 3 is 2.37 bits per heavy atom. The molecule has 0 fully saturated rings. The molecule has 0 saturated heterocycles. The molecule has 0 aromatic heterocycles. The van der Waals surface area contributed by atoms with Crippen LogP contribution in [0.5, 0.6) is 0 Å². The molecule has 3 aromatic rings. The molecular weight excluding hydrogens is 572 g/mol. The molecule has 0 radical (unpaired) electrons. The lowest BCUT2D eigenvalue weighted by atomic mass is 9.99. The molecular formula is C32H41ClN4O6. The Bertz CT molecular complexity index is 1400. The third-order valence-electron chi connectivity index (χ3n) is 7.46. The largest absolute Gasteiger partial charge is 0.382 e. The van der Waals surface area contributed by atoms with Gasteiger partial charge < -0.3 is 34.6 Å². The number of fused-ring (bicyclic) bond motifs is 2. The van der Waals surface area contributed by atoms with Gasteiger partial charge in [-0.25, -0.2) is 0 Å². The highest BCUT2D eigenvalue weighted by molar-refractivity contribution is 6.08. The Labute approximate surface area is 259 Å². The number of methoxy groups -OCH3 is 1. The molecule has 1 aliphatic rings. The van der Waals surface area contributed by atoms with Crippen molar-refractivity contribution in [3.05, 3.63) is 71.8 Å². The van der Waals surface area contributed by atoms with E-state index in [-0.39, 0.29) is 56.4 Å². The van der Waals surface area contributed by atoms with E-state index in [1.807, 2.05) is 61.5 Å². The highest BCUT2D eigenvalue weighted by Gasteiger charge is 2.37. The van der Waals surface area contributed by atoms with Crippen LogP contribution >= 0.6 is 12.4 Å². The van der Waals surface area contributed by atoms with E-state index in [2.05, 4.69) is 16.7 Å². The smallest absolute Gasteiger partial charge is 0.253 e. The number of amides is 3. The summed E-state index contributed by atoms with van der Waals surface area (Å²) in [5, 5.41) is 7.91. The van der Waals surface area contributed by atoms with Crippen molar-refractivity contribution in [1.82, 2.24) is 10.6 Å². The van der Waals surface area contributed by atoms with Crippen LogP contribution in [0.3, 0.4) is 0 Å². The number of hydrogen-bond donors (Lipinski definition) is 2. The summed E-state index contributed by atoms with van der Waals surface area (Å²) in [5.41, 5.74) is 3.21. The highest BCUT2D eigenvalue weighted by Crippen LogP contribution is 2.35. The van der Waals surface area contributed by atoms with Crippen LogP contribution in [0.25, 0.3) is 10.8 Å². The van der Waals surface area contributed by atoms with Gasteiger partial charge in [-0.2, -0.15) is 0 Å². The molecule has 0 spiro atoms. The van der Waals surface area contributed by atoms with E-state index >= 15 is 0 Å². The number of hydrogen-bond acceptors (Lipinski definition) is 7. The fourth-order valence-corrected chi connectivity index (χ4v) is 4.93. The number of halogens is 1. The Kier molecular flexibility index (Phi) is 12.9. The third kappa shape index (κ3) is 8.31. The number of likely N-dealkylation sites (N-methyl/N-ethyl adjacent to an activating group) is 1. The average molecular weight is 613 g/mol. The first-order valence-corrected chi connectivity index (χ1v) is 14.2. The topological polar surface area (TPSA) is 109 Å². The van der Waals surface area contributed by atoms with Gasteiger partial charge >= 0.3 is 0 Å². The molecule has 10 nitrogen and oxygen atoms in total. The second kappa shape index (κ2) is 16.3. The quantitative estimate of drug-likeness (QED) is 0.285. The van der Waals surface area contributed by atoms with Crippen LogP contribution in [0.4, 0.5) is 11.4 Å². The zero-order chi connectivity index (χ0) is 30.1. The molecule has 0 bridgehead atoms. The minimum Gasteiger partial charge on any atom is -0.382 e. The first kappa shape index (κ1) is 34.0. The van der Waals surface area contributed by atoms with Crippen LogP contribution < -0.4 is 20.4 Å². The lowest BCUT2D eigenvalue weighted by Crippen LogP contribution is -2.56. The van der Waals surface area contributed by atoms with Crippen LogP contribution in [0, 0.1) is 6.92 Å². The number of carbonyl (C=O) groups is 3. The second-order valence-corrected chi connectivity index (χ2v) is 10.2. The molecule has 43 heavy (non-hydrogen) atoms. The molecule has 3 aromatic carbocycles. The van der Waals surface area contributed by atoms with Crippen molar-refractivity contribution >= 4 is 52.3 Å². The normalized spacial score (nSPS) is 15.4. The van der Waals surface area contributed by atoms with Crippen molar-refractivity contribution in [2.24, 2.45) is 0 Å². The van der Waals surface area contributed by atoms with Crippen molar-refractivity contribution in [3.8, 4) is 0 Å². The summed E-state index contributed by atoms with van der Waals surface area (Å²) < 4.78 is 16.0. The number of carbonyl (C=O) groups excluding carboxylic acids is 3. The van der Waals surface area contributed by atoms with Gasteiger partial charge in [-0.3, -0.25) is 14.4 Å². The molecule has 2 atom stereocenters. The molecule has 2 unspecified atom stereocenters. The van der Waals surface area contributed by atoms with Gasteiger partial charge in [0.05, 0.1) is 56.9 Å². The van der Waals surface area contributed by atoms with Crippen molar-refractivity contribution < 1.29 is 28.6 Å². The summed E-state index contributed by atoms with van der Waals surface area (Å²) in [5.74, 6) is -0.953. The maximum Gasteiger partial charge on any atom is 0.253 e. The van der Waals surface area contributed by atoms with Crippen LogP contribution in [-0.2, 0) is 35.1 Å². The first-order chi connectivity index (χ1) is 20.3. The average Bonchev–Trinajstić information content (AvgIpc) is 3.12. The second-order valence-electron chi connectivity index (χ2n) is 10.2. The standard InChI is InChI=1S/C32H40N4O6.ClH/c1-22-13-14-24-9-5-6-10-25(24)26(22)19-36-29-12-8-7-11-28(29)35(30(37)21-42-18-17-41-16-15-40-4)20-27(32(36)39)34-31(38)23(2)33-3;/h5-14,23,27,33H,15-21H2,1-4H3,(H,34,38);1H. The van der Waals surface area contributed by atoms with Crippen molar-refractivity contribution in [2.45, 2.75) is 32.5 Å². The molecule has 0 saturated carbocycles. The Morgan fingerprint density at radius 2 is 1.63 bits per heavy atom. The molecule has 0 aliphatic carbocycles. The number of benzene rings is 3. The first-order valence-electron chi connectivity index (χ1n) is 14.2. The lowest BCUT2D eigenvalue weighted by Gasteiger charge is -2.27. The summed E-state index contributed by atoms with van der Waals surface area (Å²) >= 11 is 0. The maximum absolute atomic E-state index is 14.3. The molecule has 3 amide bonds. The van der Waals surface area contributed by atoms with Gasteiger partial charge in [0.25, 0.3) is 11.8 Å². The number of aryl methyl sites for hydroxylation is 1. The summed E-state index contributed by atoms with van der Waals surface area (Å²) in [7, 11) is 3.28. The van der Waals surface area contributed by atoms with Crippen molar-refractivity contribution in [1.29, 1.82) is 0 Å². The SMILES string of the molecule is CNC(C)C(=O)NC1CN(C(=O)COCCOCCOC)c2ccccc2N(Cc2c(C)ccc3ccccc23)C1=O.Cl. The fourth-order valence-electron chi connectivity index (χ4n) is 4.93.